The Morgan fingerprint density at radius 1 is 1.04 bits per heavy atom. The van der Waals surface area contributed by atoms with E-state index in [1.807, 2.05) is 49.4 Å². The van der Waals surface area contributed by atoms with Gasteiger partial charge in [0.15, 0.2) is 6.61 Å². The number of amides is 1. The van der Waals surface area contributed by atoms with Gasteiger partial charge in [-0.05, 0) is 48.9 Å². The molecule has 0 aliphatic rings. The van der Waals surface area contributed by atoms with Crippen LogP contribution in [0.3, 0.4) is 0 Å². The largest absolute Gasteiger partial charge is 0.487 e. The number of nitrogens with one attached hydrogen (secondary N) is 1. The average molecular weight is 380 g/mol. The van der Waals surface area contributed by atoms with Gasteiger partial charge in [0.05, 0.1) is 11.7 Å². The monoisotopic (exact) mass is 380 g/mol. The first-order valence-corrected chi connectivity index (χ1v) is 8.90. The van der Waals surface area contributed by atoms with Crippen LogP contribution in [0.1, 0.15) is 24.2 Å². The van der Waals surface area contributed by atoms with Crippen LogP contribution in [-0.2, 0) is 11.4 Å². The van der Waals surface area contributed by atoms with Crippen LogP contribution in [0, 0.1) is 5.82 Å². The second kappa shape index (κ2) is 9.50. The average Bonchev–Trinajstić information content (AvgIpc) is 2.72. The molecule has 3 aromatic rings. The van der Waals surface area contributed by atoms with E-state index in [-0.39, 0.29) is 18.6 Å². The molecule has 0 unspecified atom stereocenters. The number of rotatable bonds is 8. The van der Waals surface area contributed by atoms with Gasteiger partial charge in [-0.15, -0.1) is 0 Å². The highest BCUT2D eigenvalue weighted by Crippen LogP contribution is 2.20. The highest BCUT2D eigenvalue weighted by Gasteiger charge is 2.11. The van der Waals surface area contributed by atoms with Gasteiger partial charge >= 0.3 is 0 Å². The Morgan fingerprint density at radius 3 is 2.57 bits per heavy atom. The molecule has 0 radical (unpaired) electrons. The zero-order valence-corrected chi connectivity index (χ0v) is 15.5. The van der Waals surface area contributed by atoms with E-state index >= 15 is 0 Å². The van der Waals surface area contributed by atoms with E-state index in [4.69, 9.17) is 9.47 Å². The number of nitrogens with zero attached hydrogens (tertiary/aromatic N) is 1. The smallest absolute Gasteiger partial charge is 0.258 e. The summed E-state index contributed by atoms with van der Waals surface area (Å²) < 4.78 is 24.2. The van der Waals surface area contributed by atoms with Crippen LogP contribution >= 0.6 is 0 Å². The molecule has 5 nitrogen and oxygen atoms in total. The fourth-order valence-electron chi connectivity index (χ4n) is 2.59. The van der Waals surface area contributed by atoms with Crippen molar-refractivity contribution in [1.82, 2.24) is 10.3 Å². The van der Waals surface area contributed by atoms with E-state index < -0.39 is 5.82 Å². The van der Waals surface area contributed by atoms with Crippen LogP contribution in [-0.4, -0.2) is 17.5 Å². The lowest BCUT2D eigenvalue weighted by Gasteiger charge is -2.16. The summed E-state index contributed by atoms with van der Waals surface area (Å²) in [7, 11) is 0. The number of hydrogen-bond acceptors (Lipinski definition) is 4. The third-order valence-corrected chi connectivity index (χ3v) is 4.01. The number of benzene rings is 2. The number of ether oxygens (including phenoxy) is 2. The zero-order valence-electron chi connectivity index (χ0n) is 15.5. The maximum atomic E-state index is 13.1. The number of hydrogen-bond donors (Lipinski definition) is 1. The Labute approximate surface area is 163 Å². The Morgan fingerprint density at radius 2 is 1.82 bits per heavy atom. The van der Waals surface area contributed by atoms with E-state index in [1.54, 1.807) is 12.3 Å². The van der Waals surface area contributed by atoms with Crippen LogP contribution in [0.5, 0.6) is 11.5 Å². The summed E-state index contributed by atoms with van der Waals surface area (Å²) >= 11 is 0. The third-order valence-electron chi connectivity index (χ3n) is 4.01. The topological polar surface area (TPSA) is 60.5 Å². The summed E-state index contributed by atoms with van der Waals surface area (Å²) in [6, 6.07) is 18.6. The fourth-order valence-corrected chi connectivity index (χ4v) is 2.59. The number of carbonyl (C=O) groups is 1. The van der Waals surface area contributed by atoms with Crippen molar-refractivity contribution in [2.45, 2.75) is 19.6 Å². The standard InChI is InChI=1S/C22H21FN2O3/c1-16(25-22(26)15-28-21-10-5-7-18(23)13-21)17-6-4-9-20(12-17)27-14-19-8-2-3-11-24-19/h2-13,16H,14-15H2,1H3,(H,25,26)/t16-/m1/s1. The molecule has 0 spiro atoms. The third kappa shape index (κ3) is 5.81. The summed E-state index contributed by atoms with van der Waals surface area (Å²) in [5, 5.41) is 2.86. The first kappa shape index (κ1) is 19.4. The zero-order chi connectivity index (χ0) is 19.8. The first-order valence-electron chi connectivity index (χ1n) is 8.90. The predicted molar refractivity (Wildman–Crippen MR) is 103 cm³/mol. The van der Waals surface area contributed by atoms with Crippen molar-refractivity contribution in [3.8, 4) is 11.5 Å². The highest BCUT2D eigenvalue weighted by atomic mass is 19.1. The molecule has 28 heavy (non-hydrogen) atoms. The van der Waals surface area contributed by atoms with Crippen molar-refractivity contribution in [2.24, 2.45) is 0 Å². The molecule has 6 heteroatoms. The second-order valence-corrected chi connectivity index (χ2v) is 6.22. The molecule has 1 amide bonds. The first-order chi connectivity index (χ1) is 13.6. The van der Waals surface area contributed by atoms with E-state index in [1.165, 1.54) is 18.2 Å². The molecule has 144 valence electrons. The minimum absolute atomic E-state index is 0.191. The quantitative estimate of drug-likeness (QED) is 0.640. The van der Waals surface area contributed by atoms with Gasteiger partial charge in [-0.3, -0.25) is 9.78 Å². The minimum Gasteiger partial charge on any atom is -0.487 e. The van der Waals surface area contributed by atoms with Gasteiger partial charge in [0.25, 0.3) is 5.91 Å². The van der Waals surface area contributed by atoms with Gasteiger partial charge in [0.1, 0.15) is 23.9 Å². The minimum atomic E-state index is -0.409. The van der Waals surface area contributed by atoms with Crippen LogP contribution in [0.25, 0.3) is 0 Å². The van der Waals surface area contributed by atoms with Crippen molar-refractivity contribution in [1.29, 1.82) is 0 Å². The van der Waals surface area contributed by atoms with Crippen molar-refractivity contribution in [2.75, 3.05) is 6.61 Å². The summed E-state index contributed by atoms with van der Waals surface area (Å²) in [5.74, 6) is 0.304. The number of halogens is 1. The predicted octanol–water partition coefficient (Wildman–Crippen LogP) is 4.06. The number of pyridine rings is 1. The molecule has 0 fully saturated rings. The molecule has 0 bridgehead atoms. The van der Waals surface area contributed by atoms with Crippen LogP contribution in [0.15, 0.2) is 72.9 Å². The van der Waals surface area contributed by atoms with Gasteiger partial charge in [-0.2, -0.15) is 0 Å². The van der Waals surface area contributed by atoms with Crippen LogP contribution < -0.4 is 14.8 Å². The van der Waals surface area contributed by atoms with E-state index in [0.717, 1.165) is 11.3 Å². The van der Waals surface area contributed by atoms with Gasteiger partial charge < -0.3 is 14.8 Å². The maximum absolute atomic E-state index is 13.1. The van der Waals surface area contributed by atoms with Gasteiger partial charge in [0.2, 0.25) is 0 Å². The molecule has 1 atom stereocenters. The summed E-state index contributed by atoms with van der Waals surface area (Å²) in [4.78, 5) is 16.3. The van der Waals surface area contributed by atoms with E-state index in [2.05, 4.69) is 10.3 Å². The Bertz CT molecular complexity index is 918. The van der Waals surface area contributed by atoms with E-state index in [9.17, 15) is 9.18 Å². The number of aromatic nitrogens is 1. The lowest BCUT2D eigenvalue weighted by Crippen LogP contribution is -2.31. The van der Waals surface area contributed by atoms with Crippen molar-refractivity contribution >= 4 is 5.91 Å². The molecule has 0 aliphatic carbocycles. The van der Waals surface area contributed by atoms with Crippen LogP contribution in [0.4, 0.5) is 4.39 Å². The SMILES string of the molecule is C[C@@H](NC(=O)COc1cccc(F)c1)c1cccc(OCc2ccccn2)c1. The summed E-state index contributed by atoms with van der Waals surface area (Å²) in [5.41, 5.74) is 1.74. The van der Waals surface area contributed by atoms with Gasteiger partial charge in [-0.1, -0.05) is 24.3 Å². The highest BCUT2D eigenvalue weighted by molar-refractivity contribution is 5.78. The molecular weight excluding hydrogens is 359 g/mol. The number of carbonyl (C=O) groups excluding carboxylic acids is 1. The maximum Gasteiger partial charge on any atom is 0.258 e. The molecule has 2 aromatic carbocycles. The summed E-state index contributed by atoms with van der Waals surface area (Å²) in [6.45, 7) is 2.05. The van der Waals surface area contributed by atoms with Crippen LogP contribution in [0.2, 0.25) is 0 Å². The lowest BCUT2D eigenvalue weighted by molar-refractivity contribution is -0.123. The van der Waals surface area contributed by atoms with Crippen molar-refractivity contribution in [3.63, 3.8) is 0 Å². The second-order valence-electron chi connectivity index (χ2n) is 6.22. The molecule has 1 N–H and O–H groups in total. The molecule has 0 saturated carbocycles. The van der Waals surface area contributed by atoms with Crippen molar-refractivity contribution < 1.29 is 18.7 Å². The fraction of sp³-hybridized carbons (Fsp3) is 0.182. The van der Waals surface area contributed by atoms with E-state index in [0.29, 0.717) is 18.1 Å². The van der Waals surface area contributed by atoms with Gasteiger partial charge in [0, 0.05) is 12.3 Å². The molecule has 0 aliphatic heterocycles. The molecule has 3 rings (SSSR count). The Hall–Kier alpha value is -3.41. The normalized spacial score (nSPS) is 11.5. The lowest BCUT2D eigenvalue weighted by atomic mass is 10.1. The summed E-state index contributed by atoms with van der Waals surface area (Å²) in [6.07, 6.45) is 1.72. The molecule has 1 heterocycles. The van der Waals surface area contributed by atoms with Crippen molar-refractivity contribution in [3.05, 3.63) is 90.0 Å². The molecule has 0 saturated heterocycles. The molecular formula is C22H21FN2O3. The Kier molecular flexibility index (Phi) is 6.57. The van der Waals surface area contributed by atoms with Gasteiger partial charge in [-0.25, -0.2) is 4.39 Å². The Balaban J connectivity index is 1.52. The molecule has 1 aromatic heterocycles.